The third kappa shape index (κ3) is 2.75. The number of aromatic amines is 1. The van der Waals surface area contributed by atoms with Gasteiger partial charge in [0, 0.05) is 13.1 Å². The van der Waals surface area contributed by atoms with E-state index < -0.39 is 11.6 Å². The Morgan fingerprint density at radius 1 is 1.47 bits per heavy atom. The summed E-state index contributed by atoms with van der Waals surface area (Å²) in [6.45, 7) is 1.22. The molecule has 19 heavy (non-hydrogen) atoms. The van der Waals surface area contributed by atoms with Crippen LogP contribution in [0.1, 0.15) is 6.92 Å². The molecule has 2 aromatic rings. The van der Waals surface area contributed by atoms with E-state index in [1.165, 1.54) is 13.1 Å². The predicted octanol–water partition coefficient (Wildman–Crippen LogP) is 0.107. The van der Waals surface area contributed by atoms with Gasteiger partial charge in [-0.25, -0.2) is 15.6 Å². The molecule has 8 nitrogen and oxygen atoms in total. The van der Waals surface area contributed by atoms with Crippen LogP contribution in [0.2, 0.25) is 5.02 Å². The fourth-order valence-electron chi connectivity index (χ4n) is 1.29. The second-order valence-electron chi connectivity index (χ2n) is 3.53. The zero-order valence-electron chi connectivity index (χ0n) is 9.79. The number of hydrazine groups is 1. The summed E-state index contributed by atoms with van der Waals surface area (Å²) in [5, 5.41) is 0.962. The van der Waals surface area contributed by atoms with E-state index in [1.807, 2.05) is 0 Å². The monoisotopic (exact) mass is 280 g/mol. The van der Waals surface area contributed by atoms with Crippen LogP contribution in [0, 0.1) is 0 Å². The van der Waals surface area contributed by atoms with Crippen molar-refractivity contribution in [3.63, 3.8) is 0 Å². The van der Waals surface area contributed by atoms with Crippen LogP contribution in [-0.2, 0) is 4.79 Å². The Morgan fingerprint density at radius 3 is 2.84 bits per heavy atom. The number of pyridine rings is 1. The highest BCUT2D eigenvalue weighted by molar-refractivity contribution is 6.32. The minimum atomic E-state index is -0.710. The highest BCUT2D eigenvalue weighted by atomic mass is 35.5. The molecule has 2 rings (SSSR count). The summed E-state index contributed by atoms with van der Waals surface area (Å²) in [5.74, 6) is 4.79. The number of hydrogen-bond donors (Lipinski definition) is 2. The molecule has 0 saturated carbocycles. The smallest absolute Gasteiger partial charge is 0.288 e. The SMILES string of the molecule is CC(=O)N(N)c1nc(-c2ncccc2Cl)[nH]c(=O)n1. The van der Waals surface area contributed by atoms with E-state index in [4.69, 9.17) is 17.4 Å². The summed E-state index contributed by atoms with van der Waals surface area (Å²) in [6, 6.07) is 3.23. The van der Waals surface area contributed by atoms with E-state index in [2.05, 4.69) is 19.9 Å². The standard InChI is InChI=1S/C10H9ClN6O2/c1-5(18)17(12)9-14-8(15-10(19)16-9)7-6(11)3-2-4-13-7/h2-4H,12H2,1H3,(H,14,15,16,19). The van der Waals surface area contributed by atoms with Gasteiger partial charge < -0.3 is 0 Å². The van der Waals surface area contributed by atoms with Gasteiger partial charge in [-0.3, -0.25) is 14.8 Å². The van der Waals surface area contributed by atoms with Crippen LogP contribution in [0.25, 0.3) is 11.5 Å². The summed E-state index contributed by atoms with van der Waals surface area (Å²) in [6.07, 6.45) is 1.49. The molecule has 0 aliphatic carbocycles. The maximum absolute atomic E-state index is 11.5. The first-order valence-electron chi connectivity index (χ1n) is 5.13. The second kappa shape index (κ2) is 5.12. The average Bonchev–Trinajstić information content (AvgIpc) is 2.37. The molecule has 0 aromatic carbocycles. The van der Waals surface area contributed by atoms with E-state index in [0.717, 1.165) is 0 Å². The number of nitrogens with two attached hydrogens (primary N) is 1. The number of nitrogens with one attached hydrogen (secondary N) is 1. The minimum absolute atomic E-state index is 0.0808. The topological polar surface area (TPSA) is 118 Å². The molecule has 98 valence electrons. The van der Waals surface area contributed by atoms with Gasteiger partial charge in [0.2, 0.25) is 5.91 Å². The van der Waals surface area contributed by atoms with Crippen LogP contribution in [0.3, 0.4) is 0 Å². The molecule has 0 saturated heterocycles. The number of halogens is 1. The normalized spacial score (nSPS) is 10.3. The van der Waals surface area contributed by atoms with Gasteiger partial charge in [0.15, 0.2) is 5.82 Å². The highest BCUT2D eigenvalue weighted by Gasteiger charge is 2.15. The van der Waals surface area contributed by atoms with Crippen LogP contribution in [0.4, 0.5) is 5.95 Å². The Bertz CT molecular complexity index is 686. The molecule has 9 heteroatoms. The van der Waals surface area contributed by atoms with Gasteiger partial charge in [-0.15, -0.1) is 0 Å². The Kier molecular flexibility index (Phi) is 3.54. The molecular weight excluding hydrogens is 272 g/mol. The van der Waals surface area contributed by atoms with Crippen molar-refractivity contribution in [2.75, 3.05) is 5.01 Å². The van der Waals surface area contributed by atoms with Crippen molar-refractivity contribution in [3.05, 3.63) is 33.8 Å². The van der Waals surface area contributed by atoms with Gasteiger partial charge in [-0.1, -0.05) is 11.6 Å². The molecular formula is C10H9ClN6O2. The second-order valence-corrected chi connectivity index (χ2v) is 3.93. The van der Waals surface area contributed by atoms with Crippen molar-refractivity contribution >= 4 is 23.5 Å². The molecule has 0 aliphatic heterocycles. The molecule has 0 aliphatic rings. The Labute approximate surface area is 112 Å². The van der Waals surface area contributed by atoms with E-state index in [9.17, 15) is 9.59 Å². The summed E-state index contributed by atoms with van der Waals surface area (Å²) < 4.78 is 0. The fraction of sp³-hybridized carbons (Fsp3) is 0.100. The molecule has 0 unspecified atom stereocenters. The molecule has 2 heterocycles. The molecule has 2 aromatic heterocycles. The molecule has 0 atom stereocenters. The number of nitrogens with zero attached hydrogens (tertiary/aromatic N) is 4. The third-order valence-corrected chi connectivity index (χ3v) is 2.48. The van der Waals surface area contributed by atoms with Crippen molar-refractivity contribution in [1.82, 2.24) is 19.9 Å². The summed E-state index contributed by atoms with van der Waals surface area (Å²) >= 11 is 5.95. The largest absolute Gasteiger partial charge is 0.349 e. The Hall–Kier alpha value is -2.32. The maximum atomic E-state index is 11.5. The number of H-pyrrole nitrogens is 1. The van der Waals surface area contributed by atoms with Gasteiger partial charge in [-0.2, -0.15) is 9.97 Å². The van der Waals surface area contributed by atoms with Crippen LogP contribution in [0.5, 0.6) is 0 Å². The molecule has 1 amide bonds. The number of carbonyl (C=O) groups is 1. The number of amides is 1. The van der Waals surface area contributed by atoms with Crippen molar-refractivity contribution in [2.24, 2.45) is 5.84 Å². The zero-order valence-corrected chi connectivity index (χ0v) is 10.5. The van der Waals surface area contributed by atoms with Gasteiger partial charge in [-0.05, 0) is 12.1 Å². The number of anilines is 1. The lowest BCUT2D eigenvalue weighted by atomic mass is 10.3. The lowest BCUT2D eigenvalue weighted by Crippen LogP contribution is -2.38. The van der Waals surface area contributed by atoms with Crippen molar-refractivity contribution < 1.29 is 4.79 Å². The minimum Gasteiger partial charge on any atom is -0.288 e. The van der Waals surface area contributed by atoms with Gasteiger partial charge in [0.1, 0.15) is 5.69 Å². The quantitative estimate of drug-likeness (QED) is 0.458. The van der Waals surface area contributed by atoms with Crippen LogP contribution in [0.15, 0.2) is 23.1 Å². The fourth-order valence-corrected chi connectivity index (χ4v) is 1.50. The van der Waals surface area contributed by atoms with Gasteiger partial charge in [0.25, 0.3) is 5.95 Å². The van der Waals surface area contributed by atoms with Crippen molar-refractivity contribution in [2.45, 2.75) is 6.92 Å². The number of hydrogen-bond acceptors (Lipinski definition) is 6. The van der Waals surface area contributed by atoms with E-state index in [0.29, 0.717) is 10.0 Å². The molecule has 3 N–H and O–H groups in total. The molecule has 0 fully saturated rings. The Balaban J connectivity index is 2.57. The third-order valence-electron chi connectivity index (χ3n) is 2.18. The molecule has 0 spiro atoms. The average molecular weight is 281 g/mol. The Morgan fingerprint density at radius 2 is 2.21 bits per heavy atom. The van der Waals surface area contributed by atoms with E-state index in [-0.39, 0.29) is 17.5 Å². The summed E-state index contributed by atoms with van der Waals surface area (Å²) in [5.41, 5.74) is -0.444. The molecule has 0 bridgehead atoms. The number of aromatic nitrogens is 4. The lowest BCUT2D eigenvalue weighted by molar-refractivity contribution is -0.116. The number of rotatable bonds is 2. The maximum Gasteiger partial charge on any atom is 0.349 e. The predicted molar refractivity (Wildman–Crippen MR) is 68.2 cm³/mol. The van der Waals surface area contributed by atoms with Crippen LogP contribution < -0.4 is 16.5 Å². The van der Waals surface area contributed by atoms with Crippen molar-refractivity contribution in [3.8, 4) is 11.5 Å². The first-order valence-corrected chi connectivity index (χ1v) is 5.51. The lowest BCUT2D eigenvalue weighted by Gasteiger charge is -2.11. The molecule has 0 radical (unpaired) electrons. The van der Waals surface area contributed by atoms with Gasteiger partial charge in [0.05, 0.1) is 5.02 Å². The summed E-state index contributed by atoms with van der Waals surface area (Å²) in [4.78, 5) is 36.4. The van der Waals surface area contributed by atoms with E-state index in [1.54, 1.807) is 12.1 Å². The van der Waals surface area contributed by atoms with Gasteiger partial charge >= 0.3 is 5.69 Å². The summed E-state index contributed by atoms with van der Waals surface area (Å²) in [7, 11) is 0. The first-order chi connectivity index (χ1) is 8.99. The van der Waals surface area contributed by atoms with Crippen LogP contribution >= 0.6 is 11.6 Å². The first kappa shape index (κ1) is 13.1. The van der Waals surface area contributed by atoms with Crippen molar-refractivity contribution in [1.29, 1.82) is 0 Å². The highest BCUT2D eigenvalue weighted by Crippen LogP contribution is 2.21. The zero-order chi connectivity index (χ0) is 14.0. The van der Waals surface area contributed by atoms with Crippen LogP contribution in [-0.4, -0.2) is 25.8 Å². The number of carbonyl (C=O) groups excluding carboxylic acids is 1. The van der Waals surface area contributed by atoms with E-state index >= 15 is 0 Å².